The predicted octanol–water partition coefficient (Wildman–Crippen LogP) is -0.120. The third-order valence-corrected chi connectivity index (χ3v) is 1.17. The van der Waals surface area contributed by atoms with Crippen molar-refractivity contribution in [3.63, 3.8) is 0 Å². The smallest absolute Gasteiger partial charge is 0.217 e. The van der Waals surface area contributed by atoms with Gasteiger partial charge < -0.3 is 10.8 Å². The molecule has 0 heterocycles. The van der Waals surface area contributed by atoms with Gasteiger partial charge in [0, 0.05) is 13.0 Å². The van der Waals surface area contributed by atoms with Crippen molar-refractivity contribution in [2.24, 2.45) is 11.7 Å². The average molecular weight is 131 g/mol. The number of aliphatic hydroxyl groups excluding tert-OH is 1. The third-order valence-electron chi connectivity index (χ3n) is 1.17. The van der Waals surface area contributed by atoms with Crippen LogP contribution in [0.5, 0.6) is 0 Å². The van der Waals surface area contributed by atoms with E-state index < -0.39 is 0 Å². The minimum absolute atomic E-state index is 0.133. The molecule has 1 amide bonds. The van der Waals surface area contributed by atoms with Gasteiger partial charge in [-0.3, -0.25) is 4.79 Å². The summed E-state index contributed by atoms with van der Waals surface area (Å²) in [4.78, 5) is 10.2. The van der Waals surface area contributed by atoms with E-state index in [2.05, 4.69) is 0 Å². The molecule has 0 aromatic carbocycles. The Morgan fingerprint density at radius 2 is 2.33 bits per heavy atom. The Labute approximate surface area is 54.9 Å². The van der Waals surface area contributed by atoms with Crippen LogP contribution in [0.25, 0.3) is 0 Å². The van der Waals surface area contributed by atoms with Crippen molar-refractivity contribution < 1.29 is 9.90 Å². The lowest BCUT2D eigenvalue weighted by molar-refractivity contribution is -0.118. The number of aliphatic hydroxyl groups is 1. The summed E-state index contributed by atoms with van der Waals surface area (Å²) >= 11 is 0. The first-order valence-corrected chi connectivity index (χ1v) is 3.06. The van der Waals surface area contributed by atoms with Gasteiger partial charge >= 0.3 is 0 Å². The van der Waals surface area contributed by atoms with E-state index in [1.165, 1.54) is 0 Å². The summed E-state index contributed by atoms with van der Waals surface area (Å²) in [5.41, 5.74) is 4.90. The van der Waals surface area contributed by atoms with Crippen LogP contribution in [0.15, 0.2) is 0 Å². The summed E-state index contributed by atoms with van der Waals surface area (Å²) in [5.74, 6) is -0.0801. The van der Waals surface area contributed by atoms with E-state index in [9.17, 15) is 4.79 Å². The number of hydrogen-bond acceptors (Lipinski definition) is 2. The largest absolute Gasteiger partial charge is 0.396 e. The number of rotatable bonds is 4. The molecule has 3 nitrogen and oxygen atoms in total. The normalized spacial score (nSPS) is 13.1. The standard InChI is InChI=1S/C6H13NO2/c1-5(2-3-8)4-6(7)9/h5,8H,2-4H2,1H3,(H2,7,9)/t5-/m0/s1. The lowest BCUT2D eigenvalue weighted by atomic mass is 10.0. The molecule has 0 aliphatic carbocycles. The van der Waals surface area contributed by atoms with Crippen LogP contribution in [0, 0.1) is 5.92 Å². The molecule has 0 saturated carbocycles. The molecule has 0 saturated heterocycles. The molecule has 0 fully saturated rings. The van der Waals surface area contributed by atoms with E-state index in [1.54, 1.807) is 0 Å². The van der Waals surface area contributed by atoms with E-state index in [4.69, 9.17) is 10.8 Å². The average Bonchev–Trinajstić information content (AvgIpc) is 1.63. The van der Waals surface area contributed by atoms with Crippen molar-refractivity contribution in [3.8, 4) is 0 Å². The van der Waals surface area contributed by atoms with Gasteiger partial charge in [0.15, 0.2) is 0 Å². The summed E-state index contributed by atoms with van der Waals surface area (Å²) in [6.07, 6.45) is 1.03. The first kappa shape index (κ1) is 8.43. The first-order valence-electron chi connectivity index (χ1n) is 3.06. The van der Waals surface area contributed by atoms with E-state index in [0.29, 0.717) is 12.8 Å². The Morgan fingerprint density at radius 3 is 2.67 bits per heavy atom. The highest BCUT2D eigenvalue weighted by Crippen LogP contribution is 2.04. The van der Waals surface area contributed by atoms with Crippen LogP contribution in [0.3, 0.4) is 0 Å². The molecular formula is C6H13NO2. The molecule has 0 spiro atoms. The van der Waals surface area contributed by atoms with E-state index in [-0.39, 0.29) is 18.4 Å². The van der Waals surface area contributed by atoms with Crippen molar-refractivity contribution in [1.82, 2.24) is 0 Å². The maximum Gasteiger partial charge on any atom is 0.217 e. The molecule has 0 radical (unpaired) electrons. The Kier molecular flexibility index (Phi) is 4.05. The van der Waals surface area contributed by atoms with Crippen molar-refractivity contribution in [2.45, 2.75) is 19.8 Å². The quantitative estimate of drug-likeness (QED) is 0.558. The summed E-state index contributed by atoms with van der Waals surface area (Å²) in [6, 6.07) is 0. The molecule has 3 heteroatoms. The van der Waals surface area contributed by atoms with Gasteiger partial charge in [0.05, 0.1) is 0 Å². The Balaban J connectivity index is 3.26. The molecule has 0 aliphatic heterocycles. The van der Waals surface area contributed by atoms with Crippen LogP contribution in [0.1, 0.15) is 19.8 Å². The zero-order chi connectivity index (χ0) is 7.28. The van der Waals surface area contributed by atoms with Crippen molar-refractivity contribution in [1.29, 1.82) is 0 Å². The van der Waals surface area contributed by atoms with Crippen molar-refractivity contribution in [2.75, 3.05) is 6.61 Å². The van der Waals surface area contributed by atoms with Gasteiger partial charge in [-0.25, -0.2) is 0 Å². The van der Waals surface area contributed by atoms with Crippen molar-refractivity contribution >= 4 is 5.91 Å². The van der Waals surface area contributed by atoms with Crippen LogP contribution in [-0.4, -0.2) is 17.6 Å². The van der Waals surface area contributed by atoms with E-state index in [0.717, 1.165) is 0 Å². The van der Waals surface area contributed by atoms with Gasteiger partial charge in [-0.1, -0.05) is 6.92 Å². The highest BCUT2D eigenvalue weighted by molar-refractivity contribution is 5.73. The Hall–Kier alpha value is -0.570. The fourth-order valence-corrected chi connectivity index (χ4v) is 0.666. The molecule has 0 unspecified atom stereocenters. The summed E-state index contributed by atoms with van der Waals surface area (Å²) in [7, 11) is 0. The summed E-state index contributed by atoms with van der Waals surface area (Å²) in [5, 5.41) is 8.40. The second-order valence-electron chi connectivity index (χ2n) is 2.29. The lowest BCUT2D eigenvalue weighted by Gasteiger charge is -2.04. The maximum absolute atomic E-state index is 10.2. The van der Waals surface area contributed by atoms with Crippen molar-refractivity contribution in [3.05, 3.63) is 0 Å². The first-order chi connectivity index (χ1) is 4.16. The van der Waals surface area contributed by atoms with Gasteiger partial charge in [0.1, 0.15) is 0 Å². The van der Waals surface area contributed by atoms with Gasteiger partial charge in [-0.15, -0.1) is 0 Å². The number of amides is 1. The second-order valence-corrected chi connectivity index (χ2v) is 2.29. The molecule has 3 N–H and O–H groups in total. The molecule has 0 rings (SSSR count). The number of carbonyl (C=O) groups excluding carboxylic acids is 1. The predicted molar refractivity (Wildman–Crippen MR) is 34.7 cm³/mol. The SMILES string of the molecule is C[C@@H](CCO)CC(N)=O. The minimum atomic E-state index is -0.295. The lowest BCUT2D eigenvalue weighted by Crippen LogP contribution is -2.15. The monoisotopic (exact) mass is 131 g/mol. The number of primary amides is 1. The van der Waals surface area contributed by atoms with Crippen LogP contribution in [0.4, 0.5) is 0 Å². The molecule has 9 heavy (non-hydrogen) atoms. The molecule has 0 aromatic heterocycles. The number of nitrogens with two attached hydrogens (primary N) is 1. The zero-order valence-corrected chi connectivity index (χ0v) is 5.63. The van der Waals surface area contributed by atoms with E-state index >= 15 is 0 Å². The van der Waals surface area contributed by atoms with E-state index in [1.807, 2.05) is 6.92 Å². The van der Waals surface area contributed by atoms with Crippen LogP contribution in [0.2, 0.25) is 0 Å². The molecule has 0 bridgehead atoms. The number of carbonyl (C=O) groups is 1. The van der Waals surface area contributed by atoms with Crippen LogP contribution >= 0.6 is 0 Å². The second kappa shape index (κ2) is 4.32. The van der Waals surface area contributed by atoms with Crippen LogP contribution < -0.4 is 5.73 Å². The van der Waals surface area contributed by atoms with Crippen LogP contribution in [-0.2, 0) is 4.79 Å². The van der Waals surface area contributed by atoms with Gasteiger partial charge in [0.25, 0.3) is 0 Å². The Bertz CT molecular complexity index is 93.1. The highest BCUT2D eigenvalue weighted by Gasteiger charge is 2.03. The number of hydrogen-bond donors (Lipinski definition) is 2. The fraction of sp³-hybridized carbons (Fsp3) is 0.833. The highest BCUT2D eigenvalue weighted by atomic mass is 16.3. The molecular weight excluding hydrogens is 118 g/mol. The van der Waals surface area contributed by atoms with Gasteiger partial charge in [-0.05, 0) is 12.3 Å². The molecule has 0 aliphatic rings. The summed E-state index contributed by atoms with van der Waals surface area (Å²) in [6.45, 7) is 2.02. The minimum Gasteiger partial charge on any atom is -0.396 e. The maximum atomic E-state index is 10.2. The molecule has 0 aromatic rings. The van der Waals surface area contributed by atoms with Gasteiger partial charge in [-0.2, -0.15) is 0 Å². The molecule has 1 atom stereocenters. The topological polar surface area (TPSA) is 63.3 Å². The third kappa shape index (κ3) is 5.30. The molecule has 54 valence electrons. The summed E-state index contributed by atoms with van der Waals surface area (Å²) < 4.78 is 0. The fourth-order valence-electron chi connectivity index (χ4n) is 0.666. The van der Waals surface area contributed by atoms with Gasteiger partial charge in [0.2, 0.25) is 5.91 Å². The zero-order valence-electron chi connectivity index (χ0n) is 5.63. The Morgan fingerprint density at radius 1 is 1.78 bits per heavy atom.